The molecule has 3 heterocycles. The zero-order valence-corrected chi connectivity index (χ0v) is 23.6. The van der Waals surface area contributed by atoms with E-state index in [1.807, 2.05) is 40.9 Å². The van der Waals surface area contributed by atoms with Gasteiger partial charge in [0.25, 0.3) is 0 Å². The van der Waals surface area contributed by atoms with Crippen molar-refractivity contribution in [2.75, 3.05) is 0 Å². The van der Waals surface area contributed by atoms with E-state index in [0.29, 0.717) is 0 Å². The molecular weight excluding hydrogens is 541 g/mol. The summed E-state index contributed by atoms with van der Waals surface area (Å²) in [4.78, 5) is 19.7. The van der Waals surface area contributed by atoms with Crippen molar-refractivity contribution in [3.8, 4) is 21.9 Å². The Balaban J connectivity index is 1.47. The van der Waals surface area contributed by atoms with E-state index in [9.17, 15) is 10.5 Å². The fourth-order valence-corrected chi connectivity index (χ4v) is 11.8. The highest BCUT2D eigenvalue weighted by Crippen LogP contribution is 2.69. The maximum absolute atomic E-state index is 9.51. The topological polar surface area (TPSA) is 81.0 Å². The first kappa shape index (κ1) is 24.4. The first-order chi connectivity index (χ1) is 19.1. The summed E-state index contributed by atoms with van der Waals surface area (Å²) in [5.74, 6) is -0.201. The van der Waals surface area contributed by atoms with E-state index >= 15 is 0 Å². The van der Waals surface area contributed by atoms with Gasteiger partial charge < -0.3 is 9.69 Å². The smallest absolute Gasteiger partial charge is 0.350 e. The Morgan fingerprint density at radius 2 is 1.38 bits per heavy atom. The third-order valence-electron chi connectivity index (χ3n) is 8.96. The Morgan fingerprint density at radius 3 is 2.03 bits per heavy atom. The number of rotatable bonds is 2. The minimum Gasteiger partial charge on any atom is -0.351 e. The molecule has 2 spiro atoms. The molecule has 0 bridgehead atoms. The number of fused-ring (bicyclic) bond motifs is 10. The largest absolute Gasteiger partial charge is 0.351 e. The molecule has 0 radical (unpaired) electrons. The summed E-state index contributed by atoms with van der Waals surface area (Å²) in [6.07, 6.45) is 13.5. The van der Waals surface area contributed by atoms with Gasteiger partial charge in [0.05, 0.1) is 19.7 Å². The lowest BCUT2D eigenvalue weighted by atomic mass is 9.62. The summed E-state index contributed by atoms with van der Waals surface area (Å²) in [7, 11) is 0. The van der Waals surface area contributed by atoms with Gasteiger partial charge in [0.2, 0.25) is 5.00 Å². The average Bonchev–Trinajstić information content (AvgIpc) is 3.73. The Labute approximate surface area is 238 Å². The third kappa shape index (κ3) is 3.31. The van der Waals surface area contributed by atoms with Crippen molar-refractivity contribution >= 4 is 66.2 Å². The second-order valence-electron chi connectivity index (χ2n) is 10.8. The maximum Gasteiger partial charge on any atom is 0.350 e. The van der Waals surface area contributed by atoms with E-state index in [1.54, 1.807) is 11.3 Å². The third-order valence-corrected chi connectivity index (χ3v) is 12.6. The summed E-state index contributed by atoms with van der Waals surface area (Å²) in [5.41, 5.74) is 5.04. The second-order valence-corrected chi connectivity index (χ2v) is 13.9. The van der Waals surface area contributed by atoms with Gasteiger partial charge in [-0.15, -0.1) is 27.7 Å². The number of nitriles is 2. The zero-order valence-electron chi connectivity index (χ0n) is 21.1. The van der Waals surface area contributed by atoms with Crippen LogP contribution < -0.4 is 0 Å². The minimum absolute atomic E-state index is 0.0513. The van der Waals surface area contributed by atoms with E-state index in [0.717, 1.165) is 49.2 Å². The van der Waals surface area contributed by atoms with Crippen molar-refractivity contribution in [3.05, 3.63) is 56.2 Å². The summed E-state index contributed by atoms with van der Waals surface area (Å²) >= 11 is 5.32. The monoisotopic (exact) mass is 562 g/mol. The van der Waals surface area contributed by atoms with Gasteiger partial charge in [-0.25, -0.2) is 10.5 Å². The molecule has 6 nitrogen and oxygen atoms in total. The number of hydrogen-bond donors (Lipinski definition) is 0. The molecule has 9 heteroatoms. The van der Waals surface area contributed by atoms with Crippen molar-refractivity contribution in [1.82, 2.24) is 0 Å². The van der Waals surface area contributed by atoms with Crippen LogP contribution in [-0.2, 0) is 10.8 Å². The maximum atomic E-state index is 9.51. The Morgan fingerprint density at radius 1 is 0.769 bits per heavy atom. The lowest BCUT2D eigenvalue weighted by molar-refractivity contribution is 0.321. The van der Waals surface area contributed by atoms with E-state index in [1.165, 1.54) is 66.4 Å². The highest BCUT2D eigenvalue weighted by Gasteiger charge is 2.56. The molecule has 0 saturated heterocycles. The lowest BCUT2D eigenvalue weighted by Gasteiger charge is -2.40. The highest BCUT2D eigenvalue weighted by molar-refractivity contribution is 7.33. The Bertz CT molecular complexity index is 1790. The molecule has 4 aliphatic rings. The number of aliphatic imine (C=N–C) groups is 2. The van der Waals surface area contributed by atoms with Crippen LogP contribution in [0.2, 0.25) is 0 Å². The summed E-state index contributed by atoms with van der Waals surface area (Å²) in [5, 5.41) is 19.5. The van der Waals surface area contributed by atoms with Crippen LogP contribution in [0.5, 0.6) is 0 Å². The Kier molecular flexibility index (Phi) is 5.62. The van der Waals surface area contributed by atoms with Gasteiger partial charge in [-0.05, 0) is 36.8 Å². The van der Waals surface area contributed by atoms with Crippen LogP contribution in [0, 0.1) is 35.8 Å². The SMILES string of the molecule is [C-]#[N+]C(C#N)=NC1=Cc2sc3c(c2C12CCCCC2)C1(CCCCC1)c1c-3sc2cc(/N=C(/C#N)[N+]#[C-])sc12. The van der Waals surface area contributed by atoms with Gasteiger partial charge in [0, 0.05) is 32.9 Å². The molecule has 7 rings (SSSR count). The molecule has 0 atom stereocenters. The molecule has 0 aromatic carbocycles. The predicted molar refractivity (Wildman–Crippen MR) is 159 cm³/mol. The normalized spacial score (nSPS) is 20.6. The predicted octanol–water partition coefficient (Wildman–Crippen LogP) is 9.13. The van der Waals surface area contributed by atoms with Gasteiger partial charge in [-0.1, -0.05) is 68.0 Å². The molecule has 190 valence electrons. The summed E-state index contributed by atoms with van der Waals surface area (Å²) in [6, 6.07) is 5.94. The molecule has 2 fully saturated rings. The molecule has 0 aliphatic heterocycles. The van der Waals surface area contributed by atoms with Crippen LogP contribution in [0.25, 0.3) is 34.9 Å². The van der Waals surface area contributed by atoms with E-state index in [4.69, 9.17) is 13.1 Å². The summed E-state index contributed by atoms with van der Waals surface area (Å²) in [6.45, 7) is 14.7. The number of hydrogen-bond acceptors (Lipinski definition) is 7. The Hall–Kier alpha value is -3.60. The van der Waals surface area contributed by atoms with Crippen LogP contribution in [0.15, 0.2) is 21.7 Å². The molecule has 39 heavy (non-hydrogen) atoms. The number of allylic oxidation sites excluding steroid dienone is 1. The quantitative estimate of drug-likeness (QED) is 0.177. The molecule has 3 aromatic rings. The van der Waals surface area contributed by atoms with Crippen LogP contribution in [0.1, 0.15) is 85.8 Å². The molecule has 4 aliphatic carbocycles. The fraction of sp³-hybridized carbons (Fsp3) is 0.400. The van der Waals surface area contributed by atoms with E-state index in [2.05, 4.69) is 25.8 Å². The molecule has 0 amide bonds. The van der Waals surface area contributed by atoms with Crippen molar-refractivity contribution in [3.63, 3.8) is 0 Å². The average molecular weight is 563 g/mol. The molecular formula is C30H22N6S3. The van der Waals surface area contributed by atoms with Gasteiger partial charge in [-0.2, -0.15) is 0 Å². The van der Waals surface area contributed by atoms with E-state index in [-0.39, 0.29) is 22.5 Å². The molecule has 3 aromatic heterocycles. The first-order valence-electron chi connectivity index (χ1n) is 13.3. The van der Waals surface area contributed by atoms with Crippen molar-refractivity contribution in [2.24, 2.45) is 9.98 Å². The number of thiophene rings is 3. The lowest BCUT2D eigenvalue weighted by Crippen LogP contribution is -2.35. The van der Waals surface area contributed by atoms with Crippen molar-refractivity contribution in [1.29, 1.82) is 10.5 Å². The second kappa shape index (κ2) is 8.97. The van der Waals surface area contributed by atoms with Crippen LogP contribution in [0.3, 0.4) is 0 Å². The first-order valence-corrected chi connectivity index (χ1v) is 15.7. The fourth-order valence-electron chi connectivity index (χ4n) is 7.51. The zero-order chi connectivity index (χ0) is 26.8. The van der Waals surface area contributed by atoms with Crippen molar-refractivity contribution < 1.29 is 0 Å². The van der Waals surface area contributed by atoms with E-state index < -0.39 is 0 Å². The van der Waals surface area contributed by atoms with Gasteiger partial charge in [0.1, 0.15) is 17.8 Å². The molecule has 2 saturated carbocycles. The standard InChI is InChI=1S/C30H22N6S3/c1-33-20(15-31)35-19-13-17-23(29(19)9-5-3-6-10-29)24-27(37-17)28-25(30(24)11-7-4-8-12-30)26-18(38-28)14-22(39-26)36-21(16-32)34-2/h13-14H,3-12H2/b35-20?,36-21-. The van der Waals surface area contributed by atoms with Gasteiger partial charge in [-0.3, -0.25) is 0 Å². The van der Waals surface area contributed by atoms with Gasteiger partial charge >= 0.3 is 11.7 Å². The molecule has 0 N–H and O–H groups in total. The highest BCUT2D eigenvalue weighted by atomic mass is 32.1. The van der Waals surface area contributed by atoms with Crippen molar-refractivity contribution in [2.45, 2.75) is 75.0 Å². The van der Waals surface area contributed by atoms with Crippen LogP contribution >= 0.6 is 34.0 Å². The molecule has 0 unspecified atom stereocenters. The van der Waals surface area contributed by atoms with Gasteiger partial charge in [0.15, 0.2) is 0 Å². The minimum atomic E-state index is -0.218. The van der Waals surface area contributed by atoms with Crippen LogP contribution in [0.4, 0.5) is 5.00 Å². The summed E-state index contributed by atoms with van der Waals surface area (Å²) < 4.78 is 2.45. The number of nitrogens with zero attached hydrogens (tertiary/aromatic N) is 6. The van der Waals surface area contributed by atoms with Crippen LogP contribution in [-0.4, -0.2) is 11.7 Å². The number of amidine groups is 2.